The molecule has 2 nitrogen and oxygen atoms in total. The molecule has 4 atom stereocenters. The second-order valence-electron chi connectivity index (χ2n) is 6.79. The van der Waals surface area contributed by atoms with Crippen LogP contribution in [0.15, 0.2) is 23.8 Å². The summed E-state index contributed by atoms with van der Waals surface area (Å²) in [6, 6.07) is 0. The van der Waals surface area contributed by atoms with Gasteiger partial charge in [-0.2, -0.15) is 0 Å². The fraction of sp³-hybridized carbons (Fsp3) is 0.733. The molecule has 0 saturated carbocycles. The average molecular weight is 313 g/mol. The van der Waals surface area contributed by atoms with Gasteiger partial charge in [-0.15, -0.1) is 0 Å². The monoisotopic (exact) mass is 312 g/mol. The molecule has 0 amide bonds. The van der Waals surface area contributed by atoms with Gasteiger partial charge in [0.25, 0.3) is 0 Å². The standard InChI is InChI=1S/C15H21BrO2/c1-10-5-6-14-11(9-10)18-15(16,12(14,2)3)8-7-13(14,4)17/h5,7-8,11,17H,6,9H2,1-4H3/t11-,13+,14-,15-/m0/s1. The number of hydrogen-bond acceptors (Lipinski definition) is 2. The molecule has 1 aliphatic heterocycles. The largest absolute Gasteiger partial charge is 0.385 e. The van der Waals surface area contributed by atoms with Crippen LogP contribution >= 0.6 is 15.9 Å². The van der Waals surface area contributed by atoms with E-state index in [0.29, 0.717) is 0 Å². The summed E-state index contributed by atoms with van der Waals surface area (Å²) < 4.78 is 5.86. The Morgan fingerprint density at radius 1 is 1.33 bits per heavy atom. The normalized spacial score (nSPS) is 53.0. The van der Waals surface area contributed by atoms with Gasteiger partial charge >= 0.3 is 0 Å². The Morgan fingerprint density at radius 2 is 2.00 bits per heavy atom. The zero-order valence-corrected chi connectivity index (χ0v) is 13.0. The molecule has 2 bridgehead atoms. The summed E-state index contributed by atoms with van der Waals surface area (Å²) in [5, 5.41) is 11.0. The van der Waals surface area contributed by atoms with Crippen molar-refractivity contribution in [1.29, 1.82) is 0 Å². The van der Waals surface area contributed by atoms with Crippen LogP contribution in [0.4, 0.5) is 0 Å². The predicted molar refractivity (Wildman–Crippen MR) is 75.5 cm³/mol. The number of halogens is 1. The summed E-state index contributed by atoms with van der Waals surface area (Å²) in [5.74, 6) is 0. The number of alkyl halides is 1. The summed E-state index contributed by atoms with van der Waals surface area (Å²) in [7, 11) is 0. The van der Waals surface area contributed by atoms with E-state index in [4.69, 9.17) is 4.74 Å². The highest BCUT2D eigenvalue weighted by atomic mass is 79.9. The minimum absolute atomic E-state index is 0.0712. The van der Waals surface area contributed by atoms with E-state index in [9.17, 15) is 5.11 Å². The molecule has 3 rings (SSSR count). The molecule has 1 saturated heterocycles. The number of ether oxygens (including phenoxy) is 1. The predicted octanol–water partition coefficient (Wildman–Crippen LogP) is 3.55. The molecular formula is C15H21BrO2. The number of fused-ring (bicyclic) bond motifs is 1. The van der Waals surface area contributed by atoms with Gasteiger partial charge in [-0.1, -0.05) is 31.6 Å². The first kappa shape index (κ1) is 12.9. The lowest BCUT2D eigenvalue weighted by Gasteiger charge is -2.56. The van der Waals surface area contributed by atoms with Crippen LogP contribution in [0.1, 0.15) is 40.5 Å². The van der Waals surface area contributed by atoms with Crippen LogP contribution in [0, 0.1) is 10.8 Å². The molecule has 18 heavy (non-hydrogen) atoms. The van der Waals surface area contributed by atoms with Crippen molar-refractivity contribution in [3.63, 3.8) is 0 Å². The molecule has 0 aromatic rings. The Kier molecular flexibility index (Phi) is 2.37. The van der Waals surface area contributed by atoms with E-state index in [-0.39, 0.29) is 16.9 Å². The molecule has 1 heterocycles. The Hall–Kier alpha value is -0.120. The van der Waals surface area contributed by atoms with Crippen molar-refractivity contribution in [3.8, 4) is 0 Å². The first-order valence-electron chi connectivity index (χ1n) is 6.61. The topological polar surface area (TPSA) is 29.5 Å². The SMILES string of the molecule is CC1=CC[C@@]23[C@H](C1)O[C@@](Br)(C=C[C@@]2(C)O)C3(C)C. The van der Waals surface area contributed by atoms with Crippen molar-refractivity contribution in [1.82, 2.24) is 0 Å². The zero-order chi connectivity index (χ0) is 13.4. The molecule has 0 aromatic heterocycles. The Morgan fingerprint density at radius 3 is 2.67 bits per heavy atom. The molecule has 1 spiro atoms. The van der Waals surface area contributed by atoms with Crippen molar-refractivity contribution < 1.29 is 9.84 Å². The summed E-state index contributed by atoms with van der Waals surface area (Å²) in [4.78, 5) is 0. The third-order valence-corrected chi connectivity index (χ3v) is 7.08. The lowest BCUT2D eigenvalue weighted by Crippen LogP contribution is -2.61. The maximum Gasteiger partial charge on any atom is 0.147 e. The highest BCUT2D eigenvalue weighted by Gasteiger charge is 2.74. The summed E-state index contributed by atoms with van der Waals surface area (Å²) in [6.07, 6.45) is 8.04. The van der Waals surface area contributed by atoms with Crippen LogP contribution in [-0.2, 0) is 4.74 Å². The lowest BCUT2D eigenvalue weighted by molar-refractivity contribution is -0.113. The van der Waals surface area contributed by atoms with Gasteiger partial charge < -0.3 is 9.84 Å². The quantitative estimate of drug-likeness (QED) is 0.547. The van der Waals surface area contributed by atoms with Crippen LogP contribution < -0.4 is 0 Å². The minimum atomic E-state index is -0.827. The van der Waals surface area contributed by atoms with Crippen LogP contribution in [-0.4, -0.2) is 21.3 Å². The molecule has 0 unspecified atom stereocenters. The molecular weight excluding hydrogens is 292 g/mol. The molecule has 1 fully saturated rings. The van der Waals surface area contributed by atoms with E-state index in [2.05, 4.69) is 42.8 Å². The van der Waals surface area contributed by atoms with Gasteiger partial charge in [0.2, 0.25) is 0 Å². The molecule has 100 valence electrons. The molecule has 1 N–H and O–H groups in total. The van der Waals surface area contributed by atoms with Gasteiger partial charge in [0.15, 0.2) is 0 Å². The molecule has 3 heteroatoms. The van der Waals surface area contributed by atoms with Crippen LogP contribution in [0.2, 0.25) is 0 Å². The van der Waals surface area contributed by atoms with E-state index in [1.54, 1.807) is 0 Å². The summed E-state index contributed by atoms with van der Waals surface area (Å²) in [6.45, 7) is 8.48. The highest BCUT2D eigenvalue weighted by Crippen LogP contribution is 2.71. The highest BCUT2D eigenvalue weighted by molar-refractivity contribution is 9.10. The van der Waals surface area contributed by atoms with E-state index in [0.717, 1.165) is 12.8 Å². The van der Waals surface area contributed by atoms with Crippen LogP contribution in [0.3, 0.4) is 0 Å². The Bertz CT molecular complexity index is 463. The smallest absolute Gasteiger partial charge is 0.147 e. The van der Waals surface area contributed by atoms with Gasteiger partial charge in [0.05, 0.1) is 11.7 Å². The maximum absolute atomic E-state index is 11.0. The molecule has 0 aromatic carbocycles. The van der Waals surface area contributed by atoms with Crippen molar-refractivity contribution >= 4 is 15.9 Å². The third kappa shape index (κ3) is 1.17. The van der Waals surface area contributed by atoms with E-state index >= 15 is 0 Å². The van der Waals surface area contributed by atoms with Gasteiger partial charge in [-0.25, -0.2) is 0 Å². The Labute approximate surface area is 117 Å². The second-order valence-corrected chi connectivity index (χ2v) is 7.97. The second kappa shape index (κ2) is 3.31. The summed E-state index contributed by atoms with van der Waals surface area (Å²) in [5.41, 5.74) is 0.130. The maximum atomic E-state index is 11.0. The first-order valence-corrected chi connectivity index (χ1v) is 7.41. The summed E-state index contributed by atoms with van der Waals surface area (Å²) >= 11 is 3.77. The number of rotatable bonds is 0. The van der Waals surface area contributed by atoms with Crippen LogP contribution in [0.25, 0.3) is 0 Å². The zero-order valence-electron chi connectivity index (χ0n) is 11.5. The van der Waals surface area contributed by atoms with Gasteiger partial charge in [-0.3, -0.25) is 0 Å². The average Bonchev–Trinajstić information content (AvgIpc) is 2.35. The van der Waals surface area contributed by atoms with Gasteiger partial charge in [-0.05, 0) is 48.7 Å². The number of allylic oxidation sites excluding steroid dienone is 1. The van der Waals surface area contributed by atoms with Crippen molar-refractivity contribution in [2.45, 2.75) is 56.8 Å². The van der Waals surface area contributed by atoms with Crippen molar-refractivity contribution in [2.24, 2.45) is 10.8 Å². The van der Waals surface area contributed by atoms with Gasteiger partial charge in [0, 0.05) is 10.8 Å². The third-order valence-electron chi connectivity index (χ3n) is 5.64. The van der Waals surface area contributed by atoms with E-state index < -0.39 is 10.1 Å². The fourth-order valence-electron chi connectivity index (χ4n) is 4.31. The van der Waals surface area contributed by atoms with E-state index in [1.807, 2.05) is 19.1 Å². The Balaban J connectivity index is 2.25. The van der Waals surface area contributed by atoms with Crippen LogP contribution in [0.5, 0.6) is 0 Å². The fourth-order valence-corrected chi connectivity index (χ4v) is 5.02. The van der Waals surface area contributed by atoms with Gasteiger partial charge in [0.1, 0.15) is 4.51 Å². The van der Waals surface area contributed by atoms with E-state index in [1.165, 1.54) is 5.57 Å². The first-order chi connectivity index (χ1) is 8.16. The lowest BCUT2D eigenvalue weighted by atomic mass is 9.49. The molecule has 0 radical (unpaired) electrons. The number of aliphatic hydroxyl groups is 1. The number of hydrogen-bond donors (Lipinski definition) is 1. The molecule has 2 aliphatic carbocycles. The molecule has 3 aliphatic rings. The minimum Gasteiger partial charge on any atom is -0.385 e. The van der Waals surface area contributed by atoms with Crippen molar-refractivity contribution in [2.75, 3.05) is 0 Å². The van der Waals surface area contributed by atoms with Crippen molar-refractivity contribution in [3.05, 3.63) is 23.8 Å².